The molecule has 8 heteroatoms. The van der Waals surface area contributed by atoms with Crippen LogP contribution in [0.5, 0.6) is 0 Å². The van der Waals surface area contributed by atoms with E-state index in [2.05, 4.69) is 10.6 Å². The van der Waals surface area contributed by atoms with Crippen LogP contribution >= 0.6 is 23.2 Å². The Kier molecular flexibility index (Phi) is 5.91. The summed E-state index contributed by atoms with van der Waals surface area (Å²) in [7, 11) is 0. The number of nitrogens with one attached hydrogen (secondary N) is 2. The van der Waals surface area contributed by atoms with Crippen molar-refractivity contribution in [1.29, 1.82) is 0 Å². The number of aliphatic carboxylic acids is 1. The third-order valence-corrected chi connectivity index (χ3v) is 5.13. The van der Waals surface area contributed by atoms with Gasteiger partial charge in [-0.2, -0.15) is 0 Å². The average Bonchev–Trinajstić information content (AvgIpc) is 2.61. The minimum absolute atomic E-state index is 0.0460. The Morgan fingerprint density at radius 3 is 2.46 bits per heavy atom. The van der Waals surface area contributed by atoms with Gasteiger partial charge in [0.15, 0.2) is 5.78 Å². The number of carboxylic acid groups (broad SMARTS) is 1. The van der Waals surface area contributed by atoms with E-state index in [0.29, 0.717) is 26.9 Å². The van der Waals surface area contributed by atoms with Crippen molar-refractivity contribution in [2.24, 2.45) is 0 Å². The highest BCUT2D eigenvalue weighted by molar-refractivity contribution is 6.35. The van der Waals surface area contributed by atoms with Gasteiger partial charge in [0.05, 0.1) is 12.5 Å². The lowest BCUT2D eigenvalue weighted by Crippen LogP contribution is -2.41. The SMILES string of the molecule is CC(=O)c1ccc(CC(=O)N[C@@H]2C[C@@H](C(=O)O)Nc3cc(Cl)cc(Cl)c32)cc1. The molecular formula is C20H18Cl2N2O4. The molecule has 2 aromatic rings. The fourth-order valence-corrected chi connectivity index (χ4v) is 3.87. The van der Waals surface area contributed by atoms with Crippen molar-refractivity contribution < 1.29 is 19.5 Å². The minimum Gasteiger partial charge on any atom is -0.480 e. The second kappa shape index (κ2) is 8.20. The number of fused-ring (bicyclic) bond motifs is 1. The fraction of sp³-hybridized carbons (Fsp3) is 0.250. The Morgan fingerprint density at radius 1 is 1.18 bits per heavy atom. The molecule has 146 valence electrons. The topological polar surface area (TPSA) is 95.5 Å². The molecule has 0 spiro atoms. The molecule has 0 fully saturated rings. The third kappa shape index (κ3) is 4.46. The molecule has 1 aliphatic rings. The predicted molar refractivity (Wildman–Crippen MR) is 107 cm³/mol. The highest BCUT2D eigenvalue weighted by Crippen LogP contribution is 2.39. The number of hydrogen-bond acceptors (Lipinski definition) is 4. The summed E-state index contributed by atoms with van der Waals surface area (Å²) in [5, 5.41) is 15.9. The molecule has 0 aliphatic carbocycles. The molecule has 1 aliphatic heterocycles. The number of Topliss-reactive ketones (excluding diaryl/α,β-unsaturated/α-hetero) is 1. The van der Waals surface area contributed by atoms with Crippen LogP contribution in [0.15, 0.2) is 36.4 Å². The zero-order valence-corrected chi connectivity index (χ0v) is 16.5. The van der Waals surface area contributed by atoms with Crippen LogP contribution in [0, 0.1) is 0 Å². The summed E-state index contributed by atoms with van der Waals surface area (Å²) >= 11 is 12.3. The lowest BCUT2D eigenvalue weighted by atomic mass is 9.92. The Hall–Kier alpha value is -2.57. The fourth-order valence-electron chi connectivity index (χ4n) is 3.24. The summed E-state index contributed by atoms with van der Waals surface area (Å²) in [5.41, 5.74) is 2.43. The third-order valence-electron chi connectivity index (χ3n) is 4.60. The maximum absolute atomic E-state index is 12.5. The van der Waals surface area contributed by atoms with Gasteiger partial charge in [0.2, 0.25) is 5.91 Å². The number of amides is 1. The van der Waals surface area contributed by atoms with E-state index in [9.17, 15) is 19.5 Å². The molecule has 0 aromatic heterocycles. The molecular weight excluding hydrogens is 403 g/mol. The summed E-state index contributed by atoms with van der Waals surface area (Å²) in [6, 6.07) is 8.50. The first-order chi connectivity index (χ1) is 13.2. The molecule has 0 radical (unpaired) electrons. The monoisotopic (exact) mass is 420 g/mol. The maximum atomic E-state index is 12.5. The van der Waals surface area contributed by atoms with Gasteiger partial charge in [-0.1, -0.05) is 47.5 Å². The van der Waals surface area contributed by atoms with Crippen LogP contribution in [0.2, 0.25) is 10.0 Å². The lowest BCUT2D eigenvalue weighted by molar-refractivity contribution is -0.138. The Labute approximate surface area is 171 Å². The van der Waals surface area contributed by atoms with Crippen molar-refractivity contribution in [2.75, 3.05) is 5.32 Å². The minimum atomic E-state index is -1.03. The second-order valence-electron chi connectivity index (χ2n) is 6.67. The molecule has 2 atom stereocenters. The highest BCUT2D eigenvalue weighted by atomic mass is 35.5. The molecule has 28 heavy (non-hydrogen) atoms. The largest absolute Gasteiger partial charge is 0.480 e. The van der Waals surface area contributed by atoms with E-state index >= 15 is 0 Å². The van der Waals surface area contributed by atoms with Gasteiger partial charge in [-0.25, -0.2) is 4.79 Å². The lowest BCUT2D eigenvalue weighted by Gasteiger charge is -2.32. The number of carboxylic acids is 1. The van der Waals surface area contributed by atoms with Gasteiger partial charge in [-0.15, -0.1) is 0 Å². The Morgan fingerprint density at radius 2 is 1.86 bits per heavy atom. The number of hydrogen-bond donors (Lipinski definition) is 3. The van der Waals surface area contributed by atoms with E-state index in [4.69, 9.17) is 23.2 Å². The molecule has 1 amide bonds. The Bertz CT molecular complexity index is 944. The van der Waals surface area contributed by atoms with Crippen LogP contribution in [0.1, 0.15) is 40.9 Å². The van der Waals surface area contributed by atoms with Gasteiger partial charge in [-0.3, -0.25) is 9.59 Å². The van der Waals surface area contributed by atoms with E-state index in [0.717, 1.165) is 5.56 Å². The Balaban J connectivity index is 1.79. The zero-order valence-electron chi connectivity index (χ0n) is 15.0. The second-order valence-corrected chi connectivity index (χ2v) is 7.51. The normalized spacial score (nSPS) is 18.0. The molecule has 1 heterocycles. The van der Waals surface area contributed by atoms with Crippen molar-refractivity contribution in [3.63, 3.8) is 0 Å². The van der Waals surface area contributed by atoms with E-state index in [1.807, 2.05) is 0 Å². The van der Waals surface area contributed by atoms with Crippen LogP contribution in [-0.4, -0.2) is 28.8 Å². The van der Waals surface area contributed by atoms with E-state index < -0.39 is 18.1 Å². The van der Waals surface area contributed by atoms with E-state index in [-0.39, 0.29) is 24.5 Å². The molecule has 2 aromatic carbocycles. The zero-order chi connectivity index (χ0) is 20.4. The maximum Gasteiger partial charge on any atom is 0.326 e. The van der Waals surface area contributed by atoms with Crippen LogP contribution < -0.4 is 10.6 Å². The number of benzene rings is 2. The first-order valence-electron chi connectivity index (χ1n) is 8.62. The predicted octanol–water partition coefficient (Wildman–Crippen LogP) is 3.86. The van der Waals surface area contributed by atoms with Gasteiger partial charge in [0.1, 0.15) is 6.04 Å². The number of carbonyl (C=O) groups is 3. The van der Waals surface area contributed by atoms with Gasteiger partial charge in [0, 0.05) is 33.3 Å². The van der Waals surface area contributed by atoms with Crippen molar-refractivity contribution >= 4 is 46.5 Å². The summed E-state index contributed by atoms with van der Waals surface area (Å²) in [6.07, 6.45) is 0.249. The number of carbonyl (C=O) groups excluding carboxylic acids is 2. The standard InChI is InChI=1S/C20H18Cl2N2O4/c1-10(25)12-4-2-11(3-5-12)6-18(26)24-16-9-17(20(27)28)23-15-8-13(21)7-14(22)19(15)16/h2-5,7-8,16-17,23H,6,9H2,1H3,(H,24,26)(H,27,28)/t16-,17+/m1/s1. The molecule has 0 saturated heterocycles. The van der Waals surface area contributed by atoms with Crippen molar-refractivity contribution in [3.05, 3.63) is 63.1 Å². The summed E-state index contributed by atoms with van der Waals surface area (Å²) in [5.74, 6) is -1.35. The van der Waals surface area contributed by atoms with Crippen LogP contribution in [0.4, 0.5) is 5.69 Å². The quantitative estimate of drug-likeness (QED) is 0.638. The number of rotatable bonds is 5. The van der Waals surface area contributed by atoms with Crippen molar-refractivity contribution in [1.82, 2.24) is 5.32 Å². The van der Waals surface area contributed by atoms with Crippen LogP contribution in [0.3, 0.4) is 0 Å². The van der Waals surface area contributed by atoms with Gasteiger partial charge in [0.25, 0.3) is 0 Å². The van der Waals surface area contributed by atoms with Crippen LogP contribution in [0.25, 0.3) is 0 Å². The molecule has 3 N–H and O–H groups in total. The van der Waals surface area contributed by atoms with Gasteiger partial charge in [-0.05, 0) is 24.6 Å². The first kappa shape index (κ1) is 20.2. The molecule has 0 saturated carbocycles. The molecule has 0 unspecified atom stereocenters. The summed E-state index contributed by atoms with van der Waals surface area (Å²) < 4.78 is 0. The molecule has 6 nitrogen and oxygen atoms in total. The number of ketones is 1. The average molecular weight is 421 g/mol. The number of anilines is 1. The van der Waals surface area contributed by atoms with Gasteiger partial charge >= 0.3 is 5.97 Å². The summed E-state index contributed by atoms with van der Waals surface area (Å²) in [6.45, 7) is 1.48. The van der Waals surface area contributed by atoms with Gasteiger partial charge < -0.3 is 15.7 Å². The van der Waals surface area contributed by atoms with Crippen LogP contribution in [-0.2, 0) is 16.0 Å². The highest BCUT2D eigenvalue weighted by Gasteiger charge is 2.33. The van der Waals surface area contributed by atoms with Crippen molar-refractivity contribution in [3.8, 4) is 0 Å². The number of halogens is 2. The van der Waals surface area contributed by atoms with E-state index in [1.54, 1.807) is 36.4 Å². The molecule has 3 rings (SSSR count). The molecule has 0 bridgehead atoms. The smallest absolute Gasteiger partial charge is 0.326 e. The van der Waals surface area contributed by atoms with Crippen molar-refractivity contribution in [2.45, 2.75) is 31.8 Å². The first-order valence-corrected chi connectivity index (χ1v) is 9.37. The van der Waals surface area contributed by atoms with E-state index in [1.165, 1.54) is 6.92 Å². The summed E-state index contributed by atoms with van der Waals surface area (Å²) in [4.78, 5) is 35.4.